The highest BCUT2D eigenvalue weighted by Gasteiger charge is 2.50. The lowest BCUT2D eigenvalue weighted by molar-refractivity contribution is -0.124. The first-order valence-electron chi connectivity index (χ1n) is 5.23. The van der Waals surface area contributed by atoms with E-state index in [1.165, 1.54) is 6.92 Å². The van der Waals surface area contributed by atoms with Crippen LogP contribution in [0.1, 0.15) is 31.4 Å². The Bertz CT molecular complexity index is 345. The van der Waals surface area contributed by atoms with E-state index >= 15 is 0 Å². The van der Waals surface area contributed by atoms with E-state index < -0.39 is 10.4 Å². The molecular formula is C12H15BrF2O. The van der Waals surface area contributed by atoms with Crippen molar-refractivity contribution in [2.24, 2.45) is 0 Å². The number of hydrogen-bond donors (Lipinski definition) is 1. The fourth-order valence-corrected chi connectivity index (χ4v) is 2.09. The van der Waals surface area contributed by atoms with Gasteiger partial charge in [0.2, 0.25) is 0 Å². The van der Waals surface area contributed by atoms with E-state index in [1.807, 2.05) is 6.92 Å². The molecule has 1 atom stereocenters. The van der Waals surface area contributed by atoms with Crippen molar-refractivity contribution in [2.45, 2.75) is 37.1 Å². The molecule has 90 valence electrons. The van der Waals surface area contributed by atoms with Gasteiger partial charge in [0.15, 0.2) is 5.60 Å². The van der Waals surface area contributed by atoms with Crippen LogP contribution in [-0.4, -0.2) is 9.94 Å². The van der Waals surface area contributed by atoms with Gasteiger partial charge in [-0.3, -0.25) is 0 Å². The van der Waals surface area contributed by atoms with E-state index in [0.29, 0.717) is 0 Å². The number of aliphatic hydroxyl groups is 1. The van der Waals surface area contributed by atoms with Crippen LogP contribution < -0.4 is 0 Å². The summed E-state index contributed by atoms with van der Waals surface area (Å²) in [6, 6.07) is 6.62. The molecule has 0 aliphatic heterocycles. The van der Waals surface area contributed by atoms with Gasteiger partial charge in [-0.25, -0.2) is 0 Å². The predicted octanol–water partition coefficient (Wildman–Crippen LogP) is 3.83. The van der Waals surface area contributed by atoms with Crippen LogP contribution in [0.15, 0.2) is 24.3 Å². The zero-order chi connectivity index (χ0) is 12.4. The van der Waals surface area contributed by atoms with Crippen LogP contribution in [0.25, 0.3) is 0 Å². The van der Waals surface area contributed by atoms with Crippen LogP contribution >= 0.6 is 15.9 Å². The summed E-state index contributed by atoms with van der Waals surface area (Å²) in [5, 5.41) is 9.99. The first kappa shape index (κ1) is 13.6. The molecule has 0 amide bonds. The highest BCUT2D eigenvalue weighted by Crippen LogP contribution is 2.44. The van der Waals surface area contributed by atoms with Gasteiger partial charge in [0.25, 0.3) is 0 Å². The molecule has 0 aliphatic carbocycles. The summed E-state index contributed by atoms with van der Waals surface area (Å²) >= 11 is 2.25. The number of halogens is 3. The third-order valence-corrected chi connectivity index (χ3v) is 3.48. The van der Waals surface area contributed by atoms with E-state index in [9.17, 15) is 13.9 Å². The monoisotopic (exact) mass is 292 g/mol. The van der Waals surface area contributed by atoms with Gasteiger partial charge >= 0.3 is 4.83 Å². The maximum atomic E-state index is 13.3. The van der Waals surface area contributed by atoms with Crippen LogP contribution in [0.5, 0.6) is 0 Å². The van der Waals surface area contributed by atoms with Crippen LogP contribution in [0.4, 0.5) is 8.78 Å². The molecule has 0 bridgehead atoms. The second-order valence-corrected chi connectivity index (χ2v) is 4.76. The Morgan fingerprint density at radius 2 is 1.69 bits per heavy atom. The second-order valence-electron chi connectivity index (χ2n) is 3.76. The van der Waals surface area contributed by atoms with Crippen molar-refractivity contribution < 1.29 is 13.9 Å². The smallest absolute Gasteiger partial charge is 0.333 e. The Hall–Kier alpha value is -0.480. The lowest BCUT2D eigenvalue weighted by Gasteiger charge is -2.31. The highest BCUT2D eigenvalue weighted by atomic mass is 79.9. The minimum Gasteiger partial charge on any atom is -0.378 e. The van der Waals surface area contributed by atoms with Crippen molar-refractivity contribution in [1.29, 1.82) is 0 Å². The Kier molecular flexibility index (Phi) is 4.07. The molecule has 0 aliphatic rings. The summed E-state index contributed by atoms with van der Waals surface area (Å²) in [7, 11) is 0. The van der Waals surface area contributed by atoms with Crippen molar-refractivity contribution in [3.05, 3.63) is 35.4 Å². The number of benzene rings is 1. The summed E-state index contributed by atoms with van der Waals surface area (Å²) in [5.41, 5.74) is -0.867. The Labute approximate surface area is 103 Å². The average molecular weight is 293 g/mol. The SMILES string of the molecule is CCc1ccc(C(O)(CC)C(F)(F)Br)cc1. The number of rotatable bonds is 4. The molecule has 16 heavy (non-hydrogen) atoms. The first-order chi connectivity index (χ1) is 7.35. The normalized spacial score (nSPS) is 15.9. The minimum absolute atomic E-state index is 0.0588. The lowest BCUT2D eigenvalue weighted by atomic mass is 9.90. The predicted molar refractivity (Wildman–Crippen MR) is 63.9 cm³/mol. The van der Waals surface area contributed by atoms with Gasteiger partial charge in [-0.2, -0.15) is 8.78 Å². The number of hydrogen-bond acceptors (Lipinski definition) is 1. The maximum absolute atomic E-state index is 13.3. The number of aryl methyl sites for hydroxylation is 1. The largest absolute Gasteiger partial charge is 0.378 e. The van der Waals surface area contributed by atoms with Gasteiger partial charge in [0, 0.05) is 0 Å². The van der Waals surface area contributed by atoms with Gasteiger partial charge in [-0.15, -0.1) is 0 Å². The van der Waals surface area contributed by atoms with Crippen LogP contribution in [0, 0.1) is 0 Å². The second kappa shape index (κ2) is 4.80. The van der Waals surface area contributed by atoms with Crippen LogP contribution in [0.2, 0.25) is 0 Å². The molecule has 0 heterocycles. The van der Waals surface area contributed by atoms with Crippen LogP contribution in [-0.2, 0) is 12.0 Å². The van der Waals surface area contributed by atoms with Crippen molar-refractivity contribution >= 4 is 15.9 Å². The summed E-state index contributed by atoms with van der Waals surface area (Å²) in [4.78, 5) is -3.33. The van der Waals surface area contributed by atoms with E-state index in [0.717, 1.165) is 12.0 Å². The standard InChI is InChI=1S/C12H15BrF2O/c1-3-9-5-7-10(8-6-9)11(16,4-2)12(13,14)15/h5-8,16H,3-4H2,1-2H3. The molecule has 0 spiro atoms. The van der Waals surface area contributed by atoms with Crippen molar-refractivity contribution in [1.82, 2.24) is 0 Å². The molecule has 0 fully saturated rings. The summed E-state index contributed by atoms with van der Waals surface area (Å²) < 4.78 is 26.6. The van der Waals surface area contributed by atoms with Crippen LogP contribution in [0.3, 0.4) is 0 Å². The highest BCUT2D eigenvalue weighted by molar-refractivity contribution is 9.10. The van der Waals surface area contributed by atoms with E-state index in [1.54, 1.807) is 24.3 Å². The number of alkyl halides is 3. The molecule has 1 N–H and O–H groups in total. The maximum Gasteiger partial charge on any atom is 0.333 e. The van der Waals surface area contributed by atoms with Crippen molar-refractivity contribution in [3.63, 3.8) is 0 Å². The zero-order valence-corrected chi connectivity index (χ0v) is 10.9. The first-order valence-corrected chi connectivity index (χ1v) is 6.03. The molecule has 4 heteroatoms. The van der Waals surface area contributed by atoms with Gasteiger partial charge < -0.3 is 5.11 Å². The molecule has 0 saturated heterocycles. The Morgan fingerprint density at radius 3 is 2.00 bits per heavy atom. The van der Waals surface area contributed by atoms with Crippen molar-refractivity contribution in [3.8, 4) is 0 Å². The molecular weight excluding hydrogens is 278 g/mol. The average Bonchev–Trinajstić information content (AvgIpc) is 2.26. The molecule has 0 saturated carbocycles. The molecule has 1 rings (SSSR count). The summed E-state index contributed by atoms with van der Waals surface area (Å²) in [5.74, 6) is 0. The lowest BCUT2D eigenvalue weighted by Crippen LogP contribution is -2.40. The Balaban J connectivity index is 3.13. The van der Waals surface area contributed by atoms with Gasteiger partial charge in [0.05, 0.1) is 0 Å². The van der Waals surface area contributed by atoms with E-state index in [-0.39, 0.29) is 12.0 Å². The molecule has 0 aromatic heterocycles. The Morgan fingerprint density at radius 1 is 1.19 bits per heavy atom. The molecule has 1 aromatic rings. The minimum atomic E-state index is -3.33. The third-order valence-electron chi connectivity index (χ3n) is 2.82. The van der Waals surface area contributed by atoms with Gasteiger partial charge in [-0.05, 0) is 39.9 Å². The van der Waals surface area contributed by atoms with E-state index in [4.69, 9.17) is 0 Å². The van der Waals surface area contributed by atoms with E-state index in [2.05, 4.69) is 15.9 Å². The molecule has 1 nitrogen and oxygen atoms in total. The summed E-state index contributed by atoms with van der Waals surface area (Å²) in [6.45, 7) is 3.52. The fraction of sp³-hybridized carbons (Fsp3) is 0.500. The third kappa shape index (κ3) is 2.43. The molecule has 1 unspecified atom stereocenters. The summed E-state index contributed by atoms with van der Waals surface area (Å²) in [6.07, 6.45) is 0.784. The van der Waals surface area contributed by atoms with Crippen molar-refractivity contribution in [2.75, 3.05) is 0 Å². The zero-order valence-electron chi connectivity index (χ0n) is 9.30. The molecule has 1 aromatic carbocycles. The molecule has 0 radical (unpaired) electrons. The quantitative estimate of drug-likeness (QED) is 0.836. The van der Waals surface area contributed by atoms with Gasteiger partial charge in [-0.1, -0.05) is 38.1 Å². The topological polar surface area (TPSA) is 20.2 Å². The fourth-order valence-electron chi connectivity index (χ4n) is 1.58. The van der Waals surface area contributed by atoms with Gasteiger partial charge in [0.1, 0.15) is 0 Å².